The van der Waals surface area contributed by atoms with Crippen LogP contribution in [0, 0.1) is 16.7 Å². The third-order valence-corrected chi connectivity index (χ3v) is 4.11. The van der Waals surface area contributed by atoms with Crippen molar-refractivity contribution >= 4 is 31.9 Å². The molecule has 1 N–H and O–H groups in total. The van der Waals surface area contributed by atoms with E-state index in [1.165, 1.54) is 0 Å². The van der Waals surface area contributed by atoms with Crippen molar-refractivity contribution in [2.75, 3.05) is 0 Å². The van der Waals surface area contributed by atoms with Crippen LogP contribution in [-0.2, 0) is 0 Å². The van der Waals surface area contributed by atoms with Gasteiger partial charge in [-0.1, -0.05) is 6.07 Å². The quantitative estimate of drug-likeness (QED) is 0.895. The normalized spacial score (nSPS) is 13.3. The van der Waals surface area contributed by atoms with Crippen LogP contribution in [0.15, 0.2) is 27.1 Å². The molecule has 0 aromatic heterocycles. The zero-order chi connectivity index (χ0) is 11.6. The van der Waals surface area contributed by atoms with Gasteiger partial charge in [0.05, 0.1) is 17.6 Å². The molecule has 0 heterocycles. The fraction of sp³-hybridized carbons (Fsp3) is 0.364. The van der Waals surface area contributed by atoms with Gasteiger partial charge in [-0.05, 0) is 63.4 Å². The summed E-state index contributed by atoms with van der Waals surface area (Å²) < 4.78 is 1.79. The number of aliphatic hydroxyl groups excluding tert-OH is 1. The van der Waals surface area contributed by atoms with Gasteiger partial charge < -0.3 is 5.11 Å². The van der Waals surface area contributed by atoms with E-state index in [4.69, 9.17) is 5.26 Å². The lowest BCUT2D eigenvalue weighted by atomic mass is 9.84. The summed E-state index contributed by atoms with van der Waals surface area (Å²) in [6.45, 7) is 3.43. The number of hydrogen-bond acceptors (Lipinski definition) is 2. The maximum absolute atomic E-state index is 10.0. The molecule has 1 unspecified atom stereocenters. The van der Waals surface area contributed by atoms with Crippen LogP contribution in [0.3, 0.4) is 0 Å². The highest BCUT2D eigenvalue weighted by Crippen LogP contribution is 2.35. The maximum atomic E-state index is 10.0. The molecule has 2 nitrogen and oxygen atoms in total. The van der Waals surface area contributed by atoms with E-state index < -0.39 is 11.5 Å². The molecule has 15 heavy (non-hydrogen) atoms. The standard InChI is InChI=1S/C11H11Br2NO/c1-11(2,6-14)10(15)7-3-4-8(12)9(13)5-7/h3-5,10,15H,1-2H3. The zero-order valence-electron chi connectivity index (χ0n) is 8.46. The van der Waals surface area contributed by atoms with Crippen molar-refractivity contribution in [1.82, 2.24) is 0 Å². The van der Waals surface area contributed by atoms with Gasteiger partial charge in [-0.2, -0.15) is 5.26 Å². The van der Waals surface area contributed by atoms with Crippen molar-refractivity contribution in [3.63, 3.8) is 0 Å². The Kier molecular flexibility index (Phi) is 3.93. The Balaban J connectivity index is 3.08. The number of hydrogen-bond donors (Lipinski definition) is 1. The van der Waals surface area contributed by atoms with Gasteiger partial charge in [0.2, 0.25) is 0 Å². The van der Waals surface area contributed by atoms with Crippen LogP contribution in [0.2, 0.25) is 0 Å². The molecule has 0 fully saturated rings. The number of benzene rings is 1. The lowest BCUT2D eigenvalue weighted by Gasteiger charge is -2.23. The van der Waals surface area contributed by atoms with E-state index in [1.807, 2.05) is 12.1 Å². The van der Waals surface area contributed by atoms with Crippen molar-refractivity contribution in [2.45, 2.75) is 20.0 Å². The van der Waals surface area contributed by atoms with E-state index in [-0.39, 0.29) is 0 Å². The minimum atomic E-state index is -0.785. The summed E-state index contributed by atoms with van der Waals surface area (Å²) in [5, 5.41) is 18.9. The topological polar surface area (TPSA) is 44.0 Å². The summed E-state index contributed by atoms with van der Waals surface area (Å²) in [6, 6.07) is 7.56. The highest BCUT2D eigenvalue weighted by atomic mass is 79.9. The molecule has 0 radical (unpaired) electrons. The molecule has 1 atom stereocenters. The van der Waals surface area contributed by atoms with Crippen molar-refractivity contribution in [3.8, 4) is 6.07 Å². The first-order valence-electron chi connectivity index (χ1n) is 4.43. The Labute approximate surface area is 106 Å². The summed E-state index contributed by atoms with van der Waals surface area (Å²) in [4.78, 5) is 0. The third-order valence-electron chi connectivity index (χ3n) is 2.23. The molecule has 0 saturated heterocycles. The van der Waals surface area contributed by atoms with E-state index in [1.54, 1.807) is 19.9 Å². The molecule has 1 aromatic rings. The van der Waals surface area contributed by atoms with Gasteiger partial charge in [-0.3, -0.25) is 0 Å². The highest BCUT2D eigenvalue weighted by Gasteiger charge is 2.29. The molecule has 0 saturated carbocycles. The number of aliphatic hydroxyl groups is 1. The predicted molar refractivity (Wildman–Crippen MR) is 66.2 cm³/mol. The Hall–Kier alpha value is -0.370. The smallest absolute Gasteiger partial charge is 0.0971 e. The number of rotatable bonds is 2. The molecule has 0 spiro atoms. The average Bonchev–Trinajstić information content (AvgIpc) is 2.21. The first-order valence-corrected chi connectivity index (χ1v) is 6.01. The molecule has 0 bridgehead atoms. The fourth-order valence-corrected chi connectivity index (χ4v) is 1.80. The van der Waals surface area contributed by atoms with Crippen LogP contribution in [0.25, 0.3) is 0 Å². The molecular formula is C11H11Br2NO. The van der Waals surface area contributed by atoms with Crippen molar-refractivity contribution < 1.29 is 5.11 Å². The van der Waals surface area contributed by atoms with Crippen molar-refractivity contribution in [2.24, 2.45) is 5.41 Å². The molecule has 1 rings (SSSR count). The minimum absolute atomic E-state index is 0.733. The van der Waals surface area contributed by atoms with E-state index in [2.05, 4.69) is 37.9 Å². The van der Waals surface area contributed by atoms with E-state index in [0.29, 0.717) is 0 Å². The first-order chi connectivity index (χ1) is 6.88. The lowest BCUT2D eigenvalue weighted by Crippen LogP contribution is -2.19. The van der Waals surface area contributed by atoms with Crippen LogP contribution in [0.4, 0.5) is 0 Å². The lowest BCUT2D eigenvalue weighted by molar-refractivity contribution is 0.0867. The van der Waals surface area contributed by atoms with Gasteiger partial charge in [0.15, 0.2) is 0 Å². The molecule has 80 valence electrons. The van der Waals surface area contributed by atoms with Crippen molar-refractivity contribution in [1.29, 1.82) is 5.26 Å². The minimum Gasteiger partial charge on any atom is -0.387 e. The van der Waals surface area contributed by atoms with Gasteiger partial charge in [0.25, 0.3) is 0 Å². The number of halogens is 2. The van der Waals surface area contributed by atoms with Gasteiger partial charge in [0.1, 0.15) is 0 Å². The fourth-order valence-electron chi connectivity index (χ4n) is 1.16. The predicted octanol–water partition coefficient (Wildman–Crippen LogP) is 3.79. The molecule has 0 aliphatic heterocycles. The monoisotopic (exact) mass is 331 g/mol. The molecule has 0 amide bonds. The van der Waals surface area contributed by atoms with Crippen LogP contribution >= 0.6 is 31.9 Å². The van der Waals surface area contributed by atoms with Gasteiger partial charge in [-0.25, -0.2) is 0 Å². The summed E-state index contributed by atoms with van der Waals surface area (Å²) in [5.74, 6) is 0. The maximum Gasteiger partial charge on any atom is 0.0971 e. The van der Waals surface area contributed by atoms with Gasteiger partial charge in [0, 0.05) is 8.95 Å². The Morgan fingerprint density at radius 1 is 1.33 bits per heavy atom. The van der Waals surface area contributed by atoms with Crippen LogP contribution in [0.1, 0.15) is 25.5 Å². The SMILES string of the molecule is CC(C)(C#N)C(O)c1ccc(Br)c(Br)c1. The summed E-state index contributed by atoms with van der Waals surface area (Å²) >= 11 is 6.71. The van der Waals surface area contributed by atoms with E-state index in [0.717, 1.165) is 14.5 Å². The molecule has 1 aromatic carbocycles. The number of nitriles is 1. The molecule has 0 aliphatic rings. The molecule has 0 aliphatic carbocycles. The highest BCUT2D eigenvalue weighted by molar-refractivity contribution is 9.13. The second kappa shape index (κ2) is 4.65. The summed E-state index contributed by atoms with van der Waals surface area (Å²) in [7, 11) is 0. The van der Waals surface area contributed by atoms with Crippen molar-refractivity contribution in [3.05, 3.63) is 32.7 Å². The van der Waals surface area contributed by atoms with Gasteiger partial charge >= 0.3 is 0 Å². The zero-order valence-corrected chi connectivity index (χ0v) is 11.6. The van der Waals surface area contributed by atoms with Crippen LogP contribution in [-0.4, -0.2) is 5.11 Å². The van der Waals surface area contributed by atoms with E-state index >= 15 is 0 Å². The van der Waals surface area contributed by atoms with E-state index in [9.17, 15) is 5.11 Å². The Morgan fingerprint density at radius 2 is 1.93 bits per heavy atom. The molecular weight excluding hydrogens is 322 g/mol. The second-order valence-electron chi connectivity index (χ2n) is 3.91. The van der Waals surface area contributed by atoms with Crippen LogP contribution in [0.5, 0.6) is 0 Å². The average molecular weight is 333 g/mol. The second-order valence-corrected chi connectivity index (χ2v) is 5.62. The molecule has 4 heteroatoms. The third kappa shape index (κ3) is 2.81. The Bertz CT molecular complexity index is 410. The summed E-state index contributed by atoms with van der Waals surface area (Å²) in [5.41, 5.74) is -0.0515. The largest absolute Gasteiger partial charge is 0.387 e. The first kappa shape index (κ1) is 12.7. The summed E-state index contributed by atoms with van der Waals surface area (Å²) in [6.07, 6.45) is -0.785. The Morgan fingerprint density at radius 3 is 2.40 bits per heavy atom. The number of nitrogens with zero attached hydrogens (tertiary/aromatic N) is 1. The van der Waals surface area contributed by atoms with Crippen LogP contribution < -0.4 is 0 Å². The van der Waals surface area contributed by atoms with Gasteiger partial charge in [-0.15, -0.1) is 0 Å².